The number of rotatable bonds is 13. The maximum absolute atomic E-state index is 14.0. The third kappa shape index (κ3) is 8.94. The number of anilines is 1. The molecule has 0 bridgehead atoms. The van der Waals surface area contributed by atoms with Crippen LogP contribution in [0.1, 0.15) is 30.9 Å². The lowest BCUT2D eigenvalue weighted by Gasteiger charge is -2.33. The maximum atomic E-state index is 14.0. The van der Waals surface area contributed by atoms with E-state index in [2.05, 4.69) is 5.32 Å². The molecule has 2 amide bonds. The normalized spacial score (nSPS) is 12.0. The third-order valence-corrected chi connectivity index (χ3v) is 8.11. The summed E-state index contributed by atoms with van der Waals surface area (Å²) >= 11 is 12.3. The average Bonchev–Trinajstić information content (AvgIpc) is 2.91. The SMILES string of the molecule is CCCCNC(=O)[C@H](Cc1ccccc1)N(Cc1ccc(Cl)c(Cl)c1)C(=O)CN(c1ccc(F)cc1)S(C)(=O)=O. The van der Waals surface area contributed by atoms with Crippen LogP contribution in [0.15, 0.2) is 72.8 Å². The van der Waals surface area contributed by atoms with Gasteiger partial charge in [-0.2, -0.15) is 0 Å². The van der Waals surface area contributed by atoms with Gasteiger partial charge in [0.15, 0.2) is 0 Å². The second-order valence-electron chi connectivity index (χ2n) is 9.37. The Balaban J connectivity index is 2.04. The highest BCUT2D eigenvalue weighted by Gasteiger charge is 2.33. The van der Waals surface area contributed by atoms with Gasteiger partial charge in [0.05, 0.1) is 22.0 Å². The molecule has 0 aliphatic carbocycles. The molecule has 0 radical (unpaired) electrons. The van der Waals surface area contributed by atoms with E-state index in [1.165, 1.54) is 17.0 Å². The fraction of sp³-hybridized carbons (Fsp3) is 0.310. The monoisotopic (exact) mass is 607 g/mol. The van der Waals surface area contributed by atoms with Gasteiger partial charge in [-0.15, -0.1) is 0 Å². The third-order valence-electron chi connectivity index (χ3n) is 6.23. The lowest BCUT2D eigenvalue weighted by Crippen LogP contribution is -2.53. The lowest BCUT2D eigenvalue weighted by atomic mass is 10.0. The van der Waals surface area contributed by atoms with E-state index >= 15 is 0 Å². The molecule has 40 heavy (non-hydrogen) atoms. The van der Waals surface area contributed by atoms with Gasteiger partial charge < -0.3 is 10.2 Å². The molecule has 0 aliphatic heterocycles. The van der Waals surface area contributed by atoms with Gasteiger partial charge in [-0.1, -0.05) is 72.9 Å². The molecule has 3 aromatic carbocycles. The summed E-state index contributed by atoms with van der Waals surface area (Å²) in [6.07, 6.45) is 2.79. The summed E-state index contributed by atoms with van der Waals surface area (Å²) in [5.74, 6) is -1.53. The first-order valence-electron chi connectivity index (χ1n) is 12.8. The highest BCUT2D eigenvalue weighted by Crippen LogP contribution is 2.25. The Morgan fingerprint density at radius 1 is 0.950 bits per heavy atom. The number of benzene rings is 3. The molecule has 7 nitrogen and oxygen atoms in total. The van der Waals surface area contributed by atoms with Crippen molar-refractivity contribution in [1.29, 1.82) is 0 Å². The second-order valence-corrected chi connectivity index (χ2v) is 12.1. The van der Waals surface area contributed by atoms with Gasteiger partial charge in [-0.3, -0.25) is 13.9 Å². The van der Waals surface area contributed by atoms with Crippen LogP contribution in [-0.2, 0) is 32.6 Å². The predicted molar refractivity (Wildman–Crippen MR) is 157 cm³/mol. The number of nitrogens with zero attached hydrogens (tertiary/aromatic N) is 2. The van der Waals surface area contributed by atoms with Gasteiger partial charge in [0.1, 0.15) is 18.4 Å². The van der Waals surface area contributed by atoms with Crippen molar-refractivity contribution in [1.82, 2.24) is 10.2 Å². The number of carbonyl (C=O) groups excluding carboxylic acids is 2. The lowest BCUT2D eigenvalue weighted by molar-refractivity contribution is -0.140. The molecule has 0 unspecified atom stereocenters. The maximum Gasteiger partial charge on any atom is 0.244 e. The van der Waals surface area contributed by atoms with Crippen molar-refractivity contribution < 1.29 is 22.4 Å². The van der Waals surface area contributed by atoms with Gasteiger partial charge in [0.2, 0.25) is 21.8 Å². The number of unbranched alkanes of at least 4 members (excludes halogenated alkanes) is 1. The van der Waals surface area contributed by atoms with E-state index in [1.54, 1.807) is 18.2 Å². The van der Waals surface area contributed by atoms with Crippen LogP contribution < -0.4 is 9.62 Å². The topological polar surface area (TPSA) is 86.8 Å². The summed E-state index contributed by atoms with van der Waals surface area (Å²) < 4.78 is 39.9. The minimum atomic E-state index is -3.94. The number of halogens is 3. The van der Waals surface area contributed by atoms with Crippen molar-refractivity contribution in [3.63, 3.8) is 0 Å². The number of amides is 2. The van der Waals surface area contributed by atoms with Crippen LogP contribution in [0.5, 0.6) is 0 Å². The Kier molecular flexibility index (Phi) is 11.4. The molecule has 11 heteroatoms. The Bertz CT molecular complexity index is 1410. The van der Waals surface area contributed by atoms with Gasteiger partial charge >= 0.3 is 0 Å². The zero-order valence-corrected chi connectivity index (χ0v) is 24.6. The van der Waals surface area contributed by atoms with Crippen molar-refractivity contribution in [2.24, 2.45) is 0 Å². The molecule has 214 valence electrons. The van der Waals surface area contributed by atoms with Crippen LogP contribution in [0.4, 0.5) is 10.1 Å². The summed E-state index contributed by atoms with van der Waals surface area (Å²) in [5.41, 5.74) is 1.55. The summed E-state index contributed by atoms with van der Waals surface area (Å²) in [7, 11) is -3.94. The first-order valence-corrected chi connectivity index (χ1v) is 15.4. The first kappa shape index (κ1) is 31.4. The Hall–Kier alpha value is -3.14. The smallest absolute Gasteiger partial charge is 0.244 e. The largest absolute Gasteiger partial charge is 0.354 e. The van der Waals surface area contributed by atoms with E-state index in [-0.39, 0.29) is 29.6 Å². The van der Waals surface area contributed by atoms with Gasteiger partial charge in [0.25, 0.3) is 0 Å². The fourth-order valence-corrected chi connectivity index (χ4v) is 5.29. The molecule has 0 fully saturated rings. The van der Waals surface area contributed by atoms with Crippen LogP contribution in [0.2, 0.25) is 10.0 Å². The van der Waals surface area contributed by atoms with E-state index in [0.29, 0.717) is 17.1 Å². The summed E-state index contributed by atoms with van der Waals surface area (Å²) in [4.78, 5) is 28.9. The van der Waals surface area contributed by atoms with Gasteiger partial charge in [-0.25, -0.2) is 12.8 Å². The minimum Gasteiger partial charge on any atom is -0.354 e. The summed E-state index contributed by atoms with van der Waals surface area (Å²) in [5, 5.41) is 3.53. The molecule has 1 atom stereocenters. The molecule has 3 rings (SSSR count). The Morgan fingerprint density at radius 3 is 2.23 bits per heavy atom. The van der Waals surface area contributed by atoms with E-state index in [4.69, 9.17) is 23.2 Å². The van der Waals surface area contributed by atoms with E-state index in [1.807, 2.05) is 37.3 Å². The molecule has 0 saturated heterocycles. The zero-order valence-electron chi connectivity index (χ0n) is 22.3. The highest BCUT2D eigenvalue weighted by atomic mass is 35.5. The van der Waals surface area contributed by atoms with Crippen LogP contribution in [0, 0.1) is 5.82 Å². The van der Waals surface area contributed by atoms with Crippen LogP contribution in [0.25, 0.3) is 0 Å². The second kappa shape index (κ2) is 14.5. The predicted octanol–water partition coefficient (Wildman–Crippen LogP) is 5.45. The van der Waals surface area contributed by atoms with Gasteiger partial charge in [0, 0.05) is 19.5 Å². The summed E-state index contributed by atoms with van der Waals surface area (Å²) in [6.45, 7) is 1.80. The van der Waals surface area contributed by atoms with E-state index < -0.39 is 34.3 Å². The molecule has 0 aliphatic rings. The minimum absolute atomic E-state index is 0.0323. The number of hydrogen-bond acceptors (Lipinski definition) is 4. The highest BCUT2D eigenvalue weighted by molar-refractivity contribution is 7.92. The average molecular weight is 609 g/mol. The number of hydrogen-bond donors (Lipinski definition) is 1. The quantitative estimate of drug-likeness (QED) is 0.262. The van der Waals surface area contributed by atoms with Crippen molar-refractivity contribution in [2.75, 3.05) is 23.7 Å². The van der Waals surface area contributed by atoms with Crippen LogP contribution in [-0.4, -0.2) is 50.5 Å². The van der Waals surface area contributed by atoms with E-state index in [9.17, 15) is 22.4 Å². The number of nitrogens with one attached hydrogen (secondary N) is 1. The Morgan fingerprint density at radius 2 is 1.62 bits per heavy atom. The Labute approximate surface area is 244 Å². The zero-order chi connectivity index (χ0) is 29.3. The molecule has 1 N–H and O–H groups in total. The van der Waals surface area contributed by atoms with E-state index in [0.717, 1.165) is 41.1 Å². The molecular weight excluding hydrogens is 576 g/mol. The fourth-order valence-electron chi connectivity index (χ4n) is 4.12. The molecule has 0 spiro atoms. The molecule has 3 aromatic rings. The van der Waals surface area contributed by atoms with Crippen LogP contribution >= 0.6 is 23.2 Å². The van der Waals surface area contributed by atoms with Crippen LogP contribution in [0.3, 0.4) is 0 Å². The molecule has 0 aromatic heterocycles. The van der Waals surface area contributed by atoms with Crippen molar-refractivity contribution >= 4 is 50.7 Å². The van der Waals surface area contributed by atoms with Crippen molar-refractivity contribution in [3.8, 4) is 0 Å². The summed E-state index contributed by atoms with van der Waals surface area (Å²) in [6, 6.07) is 18.0. The first-order chi connectivity index (χ1) is 19.0. The molecular formula is C29H32Cl2FN3O4S. The van der Waals surface area contributed by atoms with Crippen molar-refractivity contribution in [3.05, 3.63) is 99.8 Å². The number of sulfonamides is 1. The number of carbonyl (C=O) groups is 2. The molecule has 0 heterocycles. The van der Waals surface area contributed by atoms with Crippen molar-refractivity contribution in [2.45, 2.75) is 38.8 Å². The van der Waals surface area contributed by atoms with Gasteiger partial charge in [-0.05, 0) is 53.9 Å². The molecule has 0 saturated carbocycles. The standard InChI is InChI=1S/C29H32Cl2FN3O4S/c1-3-4-16-33-29(37)27(18-21-8-6-5-7-9-21)34(19-22-10-15-25(30)26(31)17-22)28(36)20-35(40(2,38)39)24-13-11-23(32)12-14-24/h5-15,17,27H,3-4,16,18-20H2,1-2H3,(H,33,37)/t27-/m0/s1.